The fourth-order valence-electron chi connectivity index (χ4n) is 1.57. The average molecular weight is 354 g/mol. The van der Waals surface area contributed by atoms with Crippen LogP contribution in [-0.4, -0.2) is 35.1 Å². The summed E-state index contributed by atoms with van der Waals surface area (Å²) in [6, 6.07) is 0.753. The SMILES string of the molecule is O=C(O)CCCNC(=O)CCNc1ncc(C(F)(F)F)cc1Cl. The number of rotatable bonds is 8. The molecule has 1 aromatic heterocycles. The largest absolute Gasteiger partial charge is 0.481 e. The van der Waals surface area contributed by atoms with Crippen molar-refractivity contribution in [1.29, 1.82) is 0 Å². The van der Waals surface area contributed by atoms with E-state index in [1.54, 1.807) is 0 Å². The molecule has 6 nitrogen and oxygen atoms in total. The number of anilines is 1. The predicted octanol–water partition coefficient (Wildman–Crippen LogP) is 2.54. The van der Waals surface area contributed by atoms with Crippen LogP contribution >= 0.6 is 11.6 Å². The van der Waals surface area contributed by atoms with Gasteiger partial charge in [0.15, 0.2) is 0 Å². The van der Waals surface area contributed by atoms with Crippen LogP contribution < -0.4 is 10.6 Å². The van der Waals surface area contributed by atoms with Gasteiger partial charge in [0.25, 0.3) is 0 Å². The maximum Gasteiger partial charge on any atom is 0.417 e. The first-order valence-corrected chi connectivity index (χ1v) is 7.03. The van der Waals surface area contributed by atoms with Crippen molar-refractivity contribution >= 4 is 29.3 Å². The molecule has 128 valence electrons. The molecule has 1 heterocycles. The van der Waals surface area contributed by atoms with Crippen LogP contribution in [0.15, 0.2) is 12.3 Å². The van der Waals surface area contributed by atoms with Crippen LogP contribution in [0.5, 0.6) is 0 Å². The topological polar surface area (TPSA) is 91.3 Å². The third-order valence-corrected chi connectivity index (χ3v) is 2.99. The number of carboxylic acids is 1. The molecule has 0 atom stereocenters. The van der Waals surface area contributed by atoms with Gasteiger partial charge in [-0.2, -0.15) is 13.2 Å². The Labute approximate surface area is 135 Å². The van der Waals surface area contributed by atoms with Crippen molar-refractivity contribution in [3.63, 3.8) is 0 Å². The molecule has 1 aromatic rings. The van der Waals surface area contributed by atoms with Gasteiger partial charge >= 0.3 is 12.1 Å². The van der Waals surface area contributed by atoms with Crippen LogP contribution in [0.1, 0.15) is 24.8 Å². The first kappa shape index (κ1) is 19.0. The Bertz CT molecular complexity index is 567. The van der Waals surface area contributed by atoms with E-state index >= 15 is 0 Å². The molecular formula is C13H15ClF3N3O3. The van der Waals surface area contributed by atoms with Crippen LogP contribution in [0.2, 0.25) is 5.02 Å². The van der Waals surface area contributed by atoms with E-state index in [0.717, 1.165) is 6.07 Å². The van der Waals surface area contributed by atoms with Gasteiger partial charge in [-0.1, -0.05) is 11.6 Å². The predicted molar refractivity (Wildman–Crippen MR) is 77.2 cm³/mol. The second-order valence-electron chi connectivity index (χ2n) is 4.58. The number of carboxylic acid groups (broad SMARTS) is 1. The van der Waals surface area contributed by atoms with Crippen LogP contribution in [-0.2, 0) is 15.8 Å². The highest BCUT2D eigenvalue weighted by Gasteiger charge is 2.31. The lowest BCUT2D eigenvalue weighted by Gasteiger charge is -2.10. The molecule has 0 aliphatic rings. The molecule has 0 saturated heterocycles. The number of carbonyl (C=O) groups is 2. The lowest BCUT2D eigenvalue weighted by Crippen LogP contribution is -2.26. The number of pyridine rings is 1. The summed E-state index contributed by atoms with van der Waals surface area (Å²) in [5.41, 5.74) is -0.954. The van der Waals surface area contributed by atoms with Crippen LogP contribution in [0, 0.1) is 0 Å². The summed E-state index contributed by atoms with van der Waals surface area (Å²) >= 11 is 5.70. The molecule has 0 aliphatic heterocycles. The molecule has 0 aromatic carbocycles. The number of aliphatic carboxylic acids is 1. The van der Waals surface area contributed by atoms with Crippen LogP contribution in [0.4, 0.5) is 19.0 Å². The number of alkyl halides is 3. The van der Waals surface area contributed by atoms with Gasteiger partial charge in [0.1, 0.15) is 5.82 Å². The van der Waals surface area contributed by atoms with E-state index < -0.39 is 17.7 Å². The lowest BCUT2D eigenvalue weighted by atomic mass is 10.2. The summed E-state index contributed by atoms with van der Waals surface area (Å²) in [6.45, 7) is 0.368. The third kappa shape index (κ3) is 7.18. The molecule has 0 radical (unpaired) electrons. The Balaban J connectivity index is 2.35. The third-order valence-electron chi connectivity index (χ3n) is 2.70. The first-order valence-electron chi connectivity index (χ1n) is 6.65. The van der Waals surface area contributed by atoms with Gasteiger partial charge in [-0.05, 0) is 12.5 Å². The minimum absolute atomic E-state index is 0.0381. The molecule has 1 amide bonds. The molecule has 23 heavy (non-hydrogen) atoms. The Morgan fingerprint density at radius 2 is 1.96 bits per heavy atom. The molecule has 0 bridgehead atoms. The minimum Gasteiger partial charge on any atom is -0.481 e. The summed E-state index contributed by atoms with van der Waals surface area (Å²) in [5, 5.41) is 13.4. The normalized spacial score (nSPS) is 11.1. The van der Waals surface area contributed by atoms with Crippen molar-refractivity contribution in [2.75, 3.05) is 18.4 Å². The standard InChI is InChI=1S/C13H15ClF3N3O3/c14-9-6-8(13(15,16)17)7-20-12(9)19-5-3-10(21)18-4-1-2-11(22)23/h6-7H,1-5H2,(H,18,21)(H,19,20)(H,22,23). The summed E-state index contributed by atoms with van der Waals surface area (Å²) in [4.78, 5) is 25.3. The zero-order valence-electron chi connectivity index (χ0n) is 11.9. The minimum atomic E-state index is -4.52. The number of carbonyl (C=O) groups excluding carboxylic acids is 1. The number of hydrogen-bond donors (Lipinski definition) is 3. The molecule has 0 aliphatic carbocycles. The molecular weight excluding hydrogens is 339 g/mol. The average Bonchev–Trinajstić information content (AvgIpc) is 2.44. The second kappa shape index (κ2) is 8.56. The zero-order valence-corrected chi connectivity index (χ0v) is 12.7. The second-order valence-corrected chi connectivity index (χ2v) is 4.98. The number of aromatic nitrogens is 1. The highest BCUT2D eigenvalue weighted by molar-refractivity contribution is 6.32. The first-order chi connectivity index (χ1) is 10.7. The van der Waals surface area contributed by atoms with Gasteiger partial charge in [0.2, 0.25) is 5.91 Å². The molecule has 0 unspecified atom stereocenters. The van der Waals surface area contributed by atoms with E-state index in [4.69, 9.17) is 16.7 Å². The highest BCUT2D eigenvalue weighted by Crippen LogP contribution is 2.32. The van der Waals surface area contributed by atoms with Gasteiger partial charge < -0.3 is 15.7 Å². The lowest BCUT2D eigenvalue weighted by molar-refractivity contribution is -0.138. The monoisotopic (exact) mass is 353 g/mol. The van der Waals surface area contributed by atoms with Crippen molar-refractivity contribution in [1.82, 2.24) is 10.3 Å². The number of nitrogens with zero attached hydrogens (tertiary/aromatic N) is 1. The van der Waals surface area contributed by atoms with Crippen molar-refractivity contribution in [2.45, 2.75) is 25.4 Å². The number of halogens is 4. The molecule has 0 fully saturated rings. The van der Waals surface area contributed by atoms with Crippen molar-refractivity contribution < 1.29 is 27.9 Å². The van der Waals surface area contributed by atoms with Crippen molar-refractivity contribution in [2.24, 2.45) is 0 Å². The summed E-state index contributed by atoms with van der Waals surface area (Å²) < 4.78 is 37.3. The number of nitrogens with one attached hydrogen (secondary N) is 2. The molecule has 1 rings (SSSR count). The van der Waals surface area contributed by atoms with E-state index in [2.05, 4.69) is 15.6 Å². The van der Waals surface area contributed by atoms with Gasteiger partial charge in [0.05, 0.1) is 10.6 Å². The van der Waals surface area contributed by atoms with E-state index in [1.165, 1.54) is 0 Å². The van der Waals surface area contributed by atoms with E-state index in [1.807, 2.05) is 0 Å². The molecule has 0 saturated carbocycles. The Hall–Kier alpha value is -2.03. The van der Waals surface area contributed by atoms with E-state index in [0.29, 0.717) is 12.6 Å². The van der Waals surface area contributed by atoms with E-state index in [9.17, 15) is 22.8 Å². The van der Waals surface area contributed by atoms with Gasteiger partial charge in [0, 0.05) is 32.1 Å². The van der Waals surface area contributed by atoms with Gasteiger partial charge in [-0.25, -0.2) is 4.98 Å². The molecule has 0 spiro atoms. The smallest absolute Gasteiger partial charge is 0.417 e. The molecule has 3 N–H and O–H groups in total. The van der Waals surface area contributed by atoms with Crippen LogP contribution in [0.3, 0.4) is 0 Å². The van der Waals surface area contributed by atoms with Gasteiger partial charge in [-0.3, -0.25) is 9.59 Å². The van der Waals surface area contributed by atoms with E-state index in [-0.39, 0.29) is 42.7 Å². The maximum absolute atomic E-state index is 12.4. The van der Waals surface area contributed by atoms with Crippen LogP contribution in [0.25, 0.3) is 0 Å². The zero-order chi connectivity index (χ0) is 17.5. The Morgan fingerprint density at radius 3 is 2.52 bits per heavy atom. The summed E-state index contributed by atoms with van der Waals surface area (Å²) in [6.07, 6.45) is -3.54. The fourth-order valence-corrected chi connectivity index (χ4v) is 1.81. The maximum atomic E-state index is 12.4. The fraction of sp³-hybridized carbons (Fsp3) is 0.462. The Morgan fingerprint density at radius 1 is 1.26 bits per heavy atom. The summed E-state index contributed by atoms with van der Waals surface area (Å²) in [5.74, 6) is -1.20. The van der Waals surface area contributed by atoms with Crippen molar-refractivity contribution in [3.05, 3.63) is 22.8 Å². The Kier molecular flexibility index (Phi) is 7.08. The number of hydrogen-bond acceptors (Lipinski definition) is 4. The number of amides is 1. The quantitative estimate of drug-likeness (QED) is 0.625. The highest BCUT2D eigenvalue weighted by atomic mass is 35.5. The molecule has 10 heteroatoms. The van der Waals surface area contributed by atoms with Gasteiger partial charge in [-0.15, -0.1) is 0 Å². The summed E-state index contributed by atoms with van der Waals surface area (Å²) in [7, 11) is 0. The van der Waals surface area contributed by atoms with Crippen molar-refractivity contribution in [3.8, 4) is 0 Å².